The first kappa shape index (κ1) is 32.3. The number of nitrogens with two attached hydrogens (primary N) is 4. The van der Waals surface area contributed by atoms with Crippen LogP contribution >= 0.6 is 0 Å². The molecule has 12 N–H and O–H groups in total. The lowest BCUT2D eigenvalue weighted by atomic mass is 10.0. The molecule has 1 aliphatic rings. The number of carbonyl (C=O) groups excluding carboxylic acids is 3. The summed E-state index contributed by atoms with van der Waals surface area (Å²) in [5.74, 6) is -2.74. The lowest BCUT2D eigenvalue weighted by Crippen LogP contribution is -2.57. The summed E-state index contributed by atoms with van der Waals surface area (Å²) in [6.07, 6.45) is 3.08. The van der Waals surface area contributed by atoms with Crippen LogP contribution in [-0.4, -0.2) is 88.6 Å². The van der Waals surface area contributed by atoms with Crippen LogP contribution in [0.15, 0.2) is 29.3 Å². The van der Waals surface area contributed by atoms with Crippen molar-refractivity contribution in [3.63, 3.8) is 0 Å². The molecule has 1 fully saturated rings. The highest BCUT2D eigenvalue weighted by Gasteiger charge is 2.39. The summed E-state index contributed by atoms with van der Waals surface area (Å²) in [5.41, 5.74) is 23.0. The molecule has 1 saturated heterocycles. The number of benzene rings is 1. The summed E-state index contributed by atoms with van der Waals surface area (Å²) in [7, 11) is 0. The van der Waals surface area contributed by atoms with Crippen molar-refractivity contribution in [1.29, 1.82) is 0 Å². The number of aliphatic carboxylic acids is 1. The number of carbonyl (C=O) groups is 4. The minimum absolute atomic E-state index is 0.0946. The molecular formula is C26H42N8O6. The van der Waals surface area contributed by atoms with Gasteiger partial charge in [0.25, 0.3) is 0 Å². The van der Waals surface area contributed by atoms with E-state index >= 15 is 0 Å². The lowest BCUT2D eigenvalue weighted by molar-refractivity contribution is -0.145. The lowest BCUT2D eigenvalue weighted by Gasteiger charge is -2.30. The number of amides is 3. The van der Waals surface area contributed by atoms with Crippen LogP contribution in [0.5, 0.6) is 5.75 Å². The number of aliphatic imine (C=N–C) groups is 1. The minimum Gasteiger partial charge on any atom is -0.508 e. The molecule has 1 heterocycles. The number of nitrogens with zero attached hydrogens (tertiary/aromatic N) is 2. The Balaban J connectivity index is 2.07. The van der Waals surface area contributed by atoms with Gasteiger partial charge < -0.3 is 48.7 Å². The van der Waals surface area contributed by atoms with Gasteiger partial charge in [0.05, 0.1) is 6.04 Å². The monoisotopic (exact) mass is 562 g/mol. The second-order valence-electron chi connectivity index (χ2n) is 9.86. The van der Waals surface area contributed by atoms with Crippen molar-refractivity contribution in [2.45, 2.75) is 75.5 Å². The number of phenols is 1. The molecule has 0 radical (unpaired) electrons. The summed E-state index contributed by atoms with van der Waals surface area (Å²) in [6.45, 7) is 0.931. The topological polar surface area (TPSA) is 252 Å². The van der Waals surface area contributed by atoms with Crippen LogP contribution in [0, 0.1) is 0 Å². The zero-order valence-corrected chi connectivity index (χ0v) is 22.6. The minimum atomic E-state index is -1.21. The number of likely N-dealkylation sites (tertiary alicyclic amines) is 1. The molecule has 40 heavy (non-hydrogen) atoms. The third-order valence-corrected chi connectivity index (χ3v) is 6.69. The van der Waals surface area contributed by atoms with Crippen molar-refractivity contribution in [1.82, 2.24) is 15.5 Å². The van der Waals surface area contributed by atoms with Crippen LogP contribution in [0.4, 0.5) is 0 Å². The van der Waals surface area contributed by atoms with Crippen molar-refractivity contribution in [2.75, 3.05) is 19.6 Å². The molecule has 14 heteroatoms. The fraction of sp³-hybridized carbons (Fsp3) is 0.577. The molecule has 0 aromatic heterocycles. The highest BCUT2D eigenvalue weighted by atomic mass is 16.4. The zero-order valence-electron chi connectivity index (χ0n) is 22.6. The van der Waals surface area contributed by atoms with Crippen molar-refractivity contribution in [3.8, 4) is 5.75 Å². The average molecular weight is 563 g/mol. The zero-order chi connectivity index (χ0) is 29.7. The van der Waals surface area contributed by atoms with E-state index in [0.717, 1.165) is 5.56 Å². The Kier molecular flexibility index (Phi) is 13.1. The first-order valence-corrected chi connectivity index (χ1v) is 13.5. The van der Waals surface area contributed by atoms with Gasteiger partial charge in [-0.3, -0.25) is 19.4 Å². The molecule has 1 aliphatic heterocycles. The molecule has 0 aliphatic carbocycles. The fourth-order valence-electron chi connectivity index (χ4n) is 4.54. The van der Waals surface area contributed by atoms with E-state index in [1.165, 1.54) is 17.0 Å². The van der Waals surface area contributed by atoms with Crippen molar-refractivity contribution < 1.29 is 29.4 Å². The number of hydrogen-bond acceptors (Lipinski definition) is 8. The standard InChI is InChI=1S/C26H42N8O6/c27-12-2-1-5-19(32-22(36)18(28)15-16-8-10-17(35)11-9-16)24(38)34-14-4-7-21(34)23(37)33-20(25(39)40)6-3-13-31-26(29)30/h8-11,18-21,35H,1-7,12-15,27-28H2,(H,32,36)(H,33,37)(H,39,40)(H4,29,30,31)/t18-,19-,20-,21-/m0/s1. The van der Waals surface area contributed by atoms with Gasteiger partial charge in [-0.2, -0.15) is 0 Å². The molecule has 14 nitrogen and oxygen atoms in total. The second kappa shape index (κ2) is 16.3. The van der Waals surface area contributed by atoms with Gasteiger partial charge in [-0.05, 0) is 75.6 Å². The van der Waals surface area contributed by atoms with E-state index in [9.17, 15) is 29.4 Å². The predicted molar refractivity (Wildman–Crippen MR) is 149 cm³/mol. The van der Waals surface area contributed by atoms with Gasteiger partial charge in [-0.15, -0.1) is 0 Å². The first-order chi connectivity index (χ1) is 19.0. The van der Waals surface area contributed by atoms with E-state index in [2.05, 4.69) is 15.6 Å². The normalized spacial score (nSPS) is 16.9. The second-order valence-corrected chi connectivity index (χ2v) is 9.86. The van der Waals surface area contributed by atoms with Crippen LogP contribution in [0.2, 0.25) is 0 Å². The molecule has 0 unspecified atom stereocenters. The predicted octanol–water partition coefficient (Wildman–Crippen LogP) is -1.51. The van der Waals surface area contributed by atoms with Gasteiger partial charge in [-0.25, -0.2) is 4.79 Å². The Labute approximate surface area is 233 Å². The maximum atomic E-state index is 13.6. The number of nitrogens with one attached hydrogen (secondary N) is 2. The van der Waals surface area contributed by atoms with E-state index in [1.54, 1.807) is 12.1 Å². The first-order valence-electron chi connectivity index (χ1n) is 13.5. The van der Waals surface area contributed by atoms with Gasteiger partial charge in [-0.1, -0.05) is 12.1 Å². The van der Waals surface area contributed by atoms with Crippen LogP contribution in [-0.2, 0) is 25.6 Å². The summed E-state index contributed by atoms with van der Waals surface area (Å²) in [6, 6.07) is 2.41. The van der Waals surface area contributed by atoms with E-state index in [4.69, 9.17) is 22.9 Å². The molecular weight excluding hydrogens is 520 g/mol. The van der Waals surface area contributed by atoms with E-state index in [-0.39, 0.29) is 31.1 Å². The van der Waals surface area contributed by atoms with Crippen molar-refractivity contribution >= 4 is 29.7 Å². The van der Waals surface area contributed by atoms with Gasteiger partial charge >= 0.3 is 5.97 Å². The van der Waals surface area contributed by atoms with E-state index < -0.39 is 47.9 Å². The quantitative estimate of drug-likeness (QED) is 0.0656. The van der Waals surface area contributed by atoms with Gasteiger partial charge in [0.15, 0.2) is 5.96 Å². The third-order valence-electron chi connectivity index (χ3n) is 6.69. The Morgan fingerprint density at radius 3 is 2.33 bits per heavy atom. The summed E-state index contributed by atoms with van der Waals surface area (Å²) in [5, 5.41) is 24.3. The molecule has 0 spiro atoms. The highest BCUT2D eigenvalue weighted by Crippen LogP contribution is 2.21. The molecule has 1 aromatic carbocycles. The number of rotatable bonds is 16. The number of hydrogen-bond donors (Lipinski definition) is 8. The molecule has 3 amide bonds. The fourth-order valence-corrected chi connectivity index (χ4v) is 4.54. The Hall–Kier alpha value is -3.91. The SMILES string of the molecule is NCCCC[C@H](NC(=O)[C@@H](N)Cc1ccc(O)cc1)C(=O)N1CCC[C@H]1C(=O)N[C@@H](CCCN=C(N)N)C(=O)O. The number of carboxylic acid groups (broad SMARTS) is 1. The molecule has 222 valence electrons. The molecule has 2 rings (SSSR count). The Morgan fingerprint density at radius 2 is 1.70 bits per heavy atom. The van der Waals surface area contributed by atoms with Gasteiger partial charge in [0.2, 0.25) is 17.7 Å². The largest absolute Gasteiger partial charge is 0.508 e. The maximum Gasteiger partial charge on any atom is 0.326 e. The van der Waals surface area contributed by atoms with Crippen molar-refractivity contribution in [3.05, 3.63) is 29.8 Å². The van der Waals surface area contributed by atoms with Crippen LogP contribution in [0.25, 0.3) is 0 Å². The summed E-state index contributed by atoms with van der Waals surface area (Å²) < 4.78 is 0. The third kappa shape index (κ3) is 10.3. The summed E-state index contributed by atoms with van der Waals surface area (Å²) in [4.78, 5) is 56.5. The maximum absolute atomic E-state index is 13.6. The van der Waals surface area contributed by atoms with Crippen LogP contribution in [0.1, 0.15) is 50.5 Å². The number of guanidine groups is 1. The molecule has 1 aromatic rings. The number of unbranched alkanes of at least 4 members (excludes halogenated alkanes) is 1. The van der Waals surface area contributed by atoms with Gasteiger partial charge in [0.1, 0.15) is 23.9 Å². The van der Waals surface area contributed by atoms with Crippen molar-refractivity contribution in [2.24, 2.45) is 27.9 Å². The summed E-state index contributed by atoms with van der Waals surface area (Å²) >= 11 is 0. The average Bonchev–Trinajstić information content (AvgIpc) is 3.40. The van der Waals surface area contributed by atoms with Crippen LogP contribution in [0.3, 0.4) is 0 Å². The number of phenolic OH excluding ortho intramolecular Hbond substituents is 1. The van der Waals surface area contributed by atoms with E-state index in [0.29, 0.717) is 51.6 Å². The van der Waals surface area contributed by atoms with Gasteiger partial charge in [0, 0.05) is 13.1 Å². The molecule has 0 bridgehead atoms. The van der Waals surface area contributed by atoms with E-state index in [1.807, 2.05) is 0 Å². The Morgan fingerprint density at radius 1 is 1.02 bits per heavy atom. The smallest absolute Gasteiger partial charge is 0.326 e. The molecule has 4 atom stereocenters. The highest BCUT2D eigenvalue weighted by molar-refractivity contribution is 5.94. The Bertz CT molecular complexity index is 1030. The molecule has 0 saturated carbocycles. The number of aromatic hydroxyl groups is 1. The van der Waals surface area contributed by atoms with Crippen LogP contribution < -0.4 is 33.6 Å². The number of carboxylic acids is 1.